The molecule has 3 aromatic rings. The largest absolute Gasteiger partial charge is 0.486 e. The molecule has 5 nitrogen and oxygen atoms in total. The van der Waals surface area contributed by atoms with Gasteiger partial charge in [-0.25, -0.2) is 4.98 Å². The van der Waals surface area contributed by atoms with Crippen LogP contribution in [0.4, 0.5) is 0 Å². The van der Waals surface area contributed by atoms with Crippen molar-refractivity contribution in [3.8, 4) is 11.5 Å². The maximum Gasteiger partial charge on any atom is 0.261 e. The van der Waals surface area contributed by atoms with Crippen molar-refractivity contribution in [3.05, 3.63) is 62.1 Å². The number of rotatable bonds is 1. The van der Waals surface area contributed by atoms with E-state index in [1.165, 1.54) is 0 Å². The first-order valence-electron chi connectivity index (χ1n) is 8.60. The Morgan fingerprint density at radius 1 is 1.11 bits per heavy atom. The van der Waals surface area contributed by atoms with Gasteiger partial charge in [0.2, 0.25) is 0 Å². The van der Waals surface area contributed by atoms with E-state index in [4.69, 9.17) is 37.7 Å². The molecule has 0 spiro atoms. The van der Waals surface area contributed by atoms with Crippen molar-refractivity contribution in [2.75, 3.05) is 13.2 Å². The summed E-state index contributed by atoms with van der Waals surface area (Å²) in [6.45, 7) is 1.58. The SMILES string of the molecule is O=c1c2cc(Cl)ccc2nc2n1CCC2=Cc1cc(Cl)c2c(c1)OCCO2. The molecule has 3 heterocycles. The number of benzene rings is 2. The number of fused-ring (bicyclic) bond motifs is 3. The zero-order valence-electron chi connectivity index (χ0n) is 14.2. The van der Waals surface area contributed by atoms with Gasteiger partial charge in [-0.05, 0) is 54.0 Å². The Morgan fingerprint density at radius 3 is 2.85 bits per heavy atom. The number of nitrogens with zero attached hydrogens (tertiary/aromatic N) is 2. The van der Waals surface area contributed by atoms with Crippen LogP contribution >= 0.6 is 23.2 Å². The van der Waals surface area contributed by atoms with Gasteiger partial charge in [-0.15, -0.1) is 0 Å². The van der Waals surface area contributed by atoms with E-state index in [0.717, 1.165) is 17.6 Å². The second kappa shape index (κ2) is 6.29. The number of hydrogen-bond donors (Lipinski definition) is 0. The Labute approximate surface area is 164 Å². The molecular formula is C20H14Cl2N2O3. The van der Waals surface area contributed by atoms with Gasteiger partial charge >= 0.3 is 0 Å². The second-order valence-electron chi connectivity index (χ2n) is 6.50. The van der Waals surface area contributed by atoms with Crippen molar-refractivity contribution in [3.63, 3.8) is 0 Å². The van der Waals surface area contributed by atoms with E-state index in [9.17, 15) is 4.79 Å². The lowest BCUT2D eigenvalue weighted by molar-refractivity contribution is 0.171. The van der Waals surface area contributed by atoms with Crippen LogP contribution in [0.1, 0.15) is 17.8 Å². The van der Waals surface area contributed by atoms with E-state index in [1.54, 1.807) is 22.8 Å². The molecule has 0 saturated carbocycles. The van der Waals surface area contributed by atoms with Crippen molar-refractivity contribution >= 4 is 45.8 Å². The van der Waals surface area contributed by atoms with E-state index in [-0.39, 0.29) is 5.56 Å². The summed E-state index contributed by atoms with van der Waals surface area (Å²) in [6, 6.07) is 8.92. The molecular weight excluding hydrogens is 387 g/mol. The van der Waals surface area contributed by atoms with Crippen LogP contribution in [-0.4, -0.2) is 22.8 Å². The average molecular weight is 401 g/mol. The molecule has 5 rings (SSSR count). The van der Waals surface area contributed by atoms with Gasteiger partial charge in [0.25, 0.3) is 5.56 Å². The highest BCUT2D eigenvalue weighted by atomic mass is 35.5. The number of ether oxygens (including phenoxy) is 2. The Kier molecular flexibility index (Phi) is 3.88. The smallest absolute Gasteiger partial charge is 0.261 e. The fraction of sp³-hybridized carbons (Fsp3) is 0.200. The lowest BCUT2D eigenvalue weighted by Crippen LogP contribution is -2.20. The molecule has 2 aliphatic heterocycles. The van der Waals surface area contributed by atoms with E-state index in [1.807, 2.05) is 18.2 Å². The lowest BCUT2D eigenvalue weighted by atomic mass is 10.1. The standard InChI is InChI=1S/C20H14Cl2N2O3/c21-13-1-2-16-14(10-13)20(25)24-4-3-12(19(24)23-16)7-11-8-15(22)18-17(9-11)26-5-6-27-18/h1-2,7-10H,3-6H2. The minimum Gasteiger partial charge on any atom is -0.486 e. The van der Waals surface area contributed by atoms with E-state index in [2.05, 4.69) is 0 Å². The van der Waals surface area contributed by atoms with E-state index < -0.39 is 0 Å². The summed E-state index contributed by atoms with van der Waals surface area (Å²) in [6.07, 6.45) is 2.72. The normalized spacial score (nSPS) is 16.7. The molecule has 0 saturated heterocycles. The summed E-state index contributed by atoms with van der Waals surface area (Å²) < 4.78 is 12.9. The number of hydrogen-bond acceptors (Lipinski definition) is 4. The molecule has 0 aliphatic carbocycles. The van der Waals surface area contributed by atoms with Gasteiger partial charge in [0.05, 0.1) is 15.9 Å². The van der Waals surface area contributed by atoms with E-state index in [0.29, 0.717) is 58.0 Å². The Hall–Kier alpha value is -2.50. The predicted octanol–water partition coefficient (Wildman–Crippen LogP) is 4.42. The summed E-state index contributed by atoms with van der Waals surface area (Å²) in [7, 11) is 0. The molecule has 0 radical (unpaired) electrons. The molecule has 0 N–H and O–H groups in total. The summed E-state index contributed by atoms with van der Waals surface area (Å²) in [5, 5.41) is 1.58. The summed E-state index contributed by atoms with van der Waals surface area (Å²) in [4.78, 5) is 17.5. The maximum absolute atomic E-state index is 12.8. The summed E-state index contributed by atoms with van der Waals surface area (Å²) in [5.41, 5.74) is 2.44. The topological polar surface area (TPSA) is 53.4 Å². The fourth-order valence-electron chi connectivity index (χ4n) is 3.54. The predicted molar refractivity (Wildman–Crippen MR) is 106 cm³/mol. The van der Waals surface area contributed by atoms with Crippen LogP contribution in [0.15, 0.2) is 35.1 Å². The molecule has 0 fully saturated rings. The molecule has 1 aromatic heterocycles. The van der Waals surface area contributed by atoms with Gasteiger partial charge in [0, 0.05) is 11.6 Å². The van der Waals surface area contributed by atoms with Gasteiger partial charge in [0.15, 0.2) is 11.5 Å². The third-order valence-electron chi connectivity index (χ3n) is 4.77. The molecule has 7 heteroatoms. The Balaban J connectivity index is 1.63. The molecule has 0 amide bonds. The molecule has 0 bridgehead atoms. The highest BCUT2D eigenvalue weighted by molar-refractivity contribution is 6.32. The van der Waals surface area contributed by atoms with Crippen LogP contribution in [0.2, 0.25) is 10.0 Å². The highest BCUT2D eigenvalue weighted by Crippen LogP contribution is 2.39. The number of aromatic nitrogens is 2. The molecule has 2 aliphatic rings. The van der Waals surface area contributed by atoms with Gasteiger partial charge in [-0.3, -0.25) is 9.36 Å². The van der Waals surface area contributed by atoms with Crippen molar-refractivity contribution in [2.24, 2.45) is 0 Å². The van der Waals surface area contributed by atoms with Crippen molar-refractivity contribution in [1.82, 2.24) is 9.55 Å². The quantitative estimate of drug-likeness (QED) is 0.606. The van der Waals surface area contributed by atoms with Crippen LogP contribution in [0.3, 0.4) is 0 Å². The minimum absolute atomic E-state index is 0.0684. The van der Waals surface area contributed by atoms with Crippen LogP contribution in [0.5, 0.6) is 11.5 Å². The van der Waals surface area contributed by atoms with Gasteiger partial charge in [0.1, 0.15) is 19.0 Å². The van der Waals surface area contributed by atoms with Gasteiger partial charge < -0.3 is 9.47 Å². The minimum atomic E-state index is -0.0684. The molecule has 0 unspecified atom stereocenters. The van der Waals surface area contributed by atoms with Gasteiger partial charge in [-0.1, -0.05) is 23.2 Å². The number of halogens is 2. The van der Waals surface area contributed by atoms with E-state index >= 15 is 0 Å². The first-order chi connectivity index (χ1) is 13.1. The molecule has 27 heavy (non-hydrogen) atoms. The zero-order chi connectivity index (χ0) is 18.5. The lowest BCUT2D eigenvalue weighted by Gasteiger charge is -2.19. The van der Waals surface area contributed by atoms with Crippen LogP contribution in [0.25, 0.3) is 22.6 Å². The zero-order valence-corrected chi connectivity index (χ0v) is 15.7. The van der Waals surface area contributed by atoms with Gasteiger partial charge in [-0.2, -0.15) is 0 Å². The van der Waals surface area contributed by atoms with Crippen LogP contribution < -0.4 is 15.0 Å². The molecule has 2 aromatic carbocycles. The Morgan fingerprint density at radius 2 is 1.96 bits per heavy atom. The van der Waals surface area contributed by atoms with Crippen molar-refractivity contribution in [2.45, 2.75) is 13.0 Å². The number of allylic oxidation sites excluding steroid dienone is 1. The third-order valence-corrected chi connectivity index (χ3v) is 5.28. The first kappa shape index (κ1) is 16.7. The average Bonchev–Trinajstić information content (AvgIpc) is 3.05. The molecule has 0 atom stereocenters. The first-order valence-corrected chi connectivity index (χ1v) is 9.36. The third kappa shape index (κ3) is 2.78. The fourth-order valence-corrected chi connectivity index (χ4v) is 3.99. The Bertz CT molecular complexity index is 1180. The summed E-state index contributed by atoms with van der Waals surface area (Å²) >= 11 is 12.4. The summed E-state index contributed by atoms with van der Waals surface area (Å²) in [5.74, 6) is 1.90. The van der Waals surface area contributed by atoms with Crippen molar-refractivity contribution in [1.29, 1.82) is 0 Å². The second-order valence-corrected chi connectivity index (χ2v) is 7.34. The molecule has 136 valence electrons. The maximum atomic E-state index is 12.8. The highest BCUT2D eigenvalue weighted by Gasteiger charge is 2.22. The monoisotopic (exact) mass is 400 g/mol. The van der Waals surface area contributed by atoms with Crippen LogP contribution in [0, 0.1) is 0 Å². The van der Waals surface area contributed by atoms with Crippen LogP contribution in [-0.2, 0) is 6.54 Å². The van der Waals surface area contributed by atoms with Crippen molar-refractivity contribution < 1.29 is 9.47 Å².